The van der Waals surface area contributed by atoms with E-state index >= 15 is 0 Å². The van der Waals surface area contributed by atoms with Crippen LogP contribution in [-0.2, 0) is 4.74 Å². The predicted octanol–water partition coefficient (Wildman–Crippen LogP) is 4.81. The van der Waals surface area contributed by atoms with Gasteiger partial charge < -0.3 is 10.1 Å². The van der Waals surface area contributed by atoms with E-state index < -0.39 is 17.6 Å². The lowest BCUT2D eigenvalue weighted by Gasteiger charge is -2.35. The Morgan fingerprint density at radius 1 is 1.09 bits per heavy atom. The third-order valence-electron chi connectivity index (χ3n) is 6.39. The zero-order valence-electron chi connectivity index (χ0n) is 17.9. The molecule has 1 aromatic carbocycles. The van der Waals surface area contributed by atoms with Crippen molar-refractivity contribution < 1.29 is 18.3 Å². The van der Waals surface area contributed by atoms with Gasteiger partial charge in [0.15, 0.2) is 0 Å². The van der Waals surface area contributed by atoms with Crippen LogP contribution in [0.25, 0.3) is 11.3 Å². The summed E-state index contributed by atoms with van der Waals surface area (Å²) in [5.74, 6) is 0.0771. The molecule has 170 valence electrons. The summed E-state index contributed by atoms with van der Waals surface area (Å²) in [6.07, 6.45) is 4.17. The molecule has 0 atom stereocenters. The molecule has 1 amide bonds. The number of halogens is 2. The number of carbonyl (C=O) groups excluding carboxylic acids is 1. The maximum atomic E-state index is 13.9. The molecule has 1 aliphatic heterocycles. The quantitative estimate of drug-likeness (QED) is 0.561. The third-order valence-corrected chi connectivity index (χ3v) is 6.39. The van der Waals surface area contributed by atoms with Crippen LogP contribution in [0.1, 0.15) is 25.7 Å². The molecule has 0 bridgehead atoms. The van der Waals surface area contributed by atoms with Gasteiger partial charge in [-0.05, 0) is 61.9 Å². The second-order valence-corrected chi connectivity index (χ2v) is 8.58. The van der Waals surface area contributed by atoms with Gasteiger partial charge in [0.1, 0.15) is 17.2 Å². The number of rotatable bonds is 5. The number of nitrogens with zero attached hydrogens (tertiary/aromatic N) is 4. The van der Waals surface area contributed by atoms with E-state index in [1.165, 1.54) is 23.2 Å². The summed E-state index contributed by atoms with van der Waals surface area (Å²) in [6.45, 7) is 1.13. The average molecular weight is 451 g/mol. The summed E-state index contributed by atoms with van der Waals surface area (Å²) in [5.41, 5.74) is 0.837. The molecule has 0 radical (unpaired) electrons. The lowest BCUT2D eigenvalue weighted by atomic mass is 9.78. The van der Waals surface area contributed by atoms with Gasteiger partial charge >= 0.3 is 6.09 Å². The summed E-state index contributed by atoms with van der Waals surface area (Å²) in [4.78, 5) is 17.4. The Bertz CT molecular complexity index is 1150. The van der Waals surface area contributed by atoms with Gasteiger partial charge in [-0.3, -0.25) is 4.90 Å². The summed E-state index contributed by atoms with van der Waals surface area (Å²) < 4.78 is 33.1. The molecule has 7 nitrogen and oxygen atoms in total. The van der Waals surface area contributed by atoms with Crippen molar-refractivity contribution in [1.29, 1.82) is 0 Å². The van der Waals surface area contributed by atoms with Gasteiger partial charge in [-0.15, -0.1) is 10.2 Å². The van der Waals surface area contributed by atoms with Crippen molar-refractivity contribution in [1.82, 2.24) is 15.2 Å². The Morgan fingerprint density at radius 3 is 2.64 bits per heavy atom. The van der Waals surface area contributed by atoms with Crippen LogP contribution in [0.5, 0.6) is 0 Å². The van der Waals surface area contributed by atoms with Gasteiger partial charge in [-0.2, -0.15) is 4.39 Å². The number of carbonyl (C=O) groups is 1. The molecule has 3 heterocycles. The van der Waals surface area contributed by atoms with E-state index in [4.69, 9.17) is 4.74 Å². The largest absolute Gasteiger partial charge is 0.441 e. The number of anilines is 2. The Kier molecular flexibility index (Phi) is 5.62. The number of pyridine rings is 1. The van der Waals surface area contributed by atoms with Gasteiger partial charge in [0.2, 0.25) is 5.95 Å². The number of aromatic nitrogens is 3. The molecular weight excluding hydrogens is 428 g/mol. The molecule has 1 N–H and O–H groups in total. The molecule has 0 unspecified atom stereocenters. The normalized spacial score (nSPS) is 22.4. The van der Waals surface area contributed by atoms with E-state index in [-0.39, 0.29) is 5.82 Å². The highest BCUT2D eigenvalue weighted by atomic mass is 19.1. The number of amides is 1. The van der Waals surface area contributed by atoms with Crippen LogP contribution < -0.4 is 10.2 Å². The summed E-state index contributed by atoms with van der Waals surface area (Å²) in [7, 11) is 0. The average Bonchev–Trinajstić information content (AvgIpc) is 3.15. The van der Waals surface area contributed by atoms with E-state index in [1.807, 2.05) is 0 Å². The Balaban J connectivity index is 1.15. The minimum Gasteiger partial charge on any atom is -0.441 e. The fraction of sp³-hybridized carbons (Fsp3) is 0.333. The molecule has 2 aromatic heterocycles. The fourth-order valence-corrected chi connectivity index (χ4v) is 4.54. The minimum absolute atomic E-state index is 0.330. The number of nitrogens with one attached hydrogen (secondary N) is 1. The van der Waals surface area contributed by atoms with E-state index in [1.54, 1.807) is 36.4 Å². The van der Waals surface area contributed by atoms with Crippen LogP contribution in [0.15, 0.2) is 54.7 Å². The van der Waals surface area contributed by atoms with Crippen LogP contribution in [-0.4, -0.2) is 40.0 Å². The maximum Gasteiger partial charge on any atom is 0.415 e. The SMILES string of the molecule is O=C1O[C@]2(CC[C@H](CNc3ccc(-c4ccccc4F)nn3)CC2)CN1c1ccnc(F)c1. The number of hydrogen-bond donors (Lipinski definition) is 1. The zero-order valence-corrected chi connectivity index (χ0v) is 17.9. The van der Waals surface area contributed by atoms with Crippen molar-refractivity contribution >= 4 is 17.6 Å². The highest BCUT2D eigenvalue weighted by molar-refractivity contribution is 5.90. The van der Waals surface area contributed by atoms with Crippen molar-refractivity contribution in [2.45, 2.75) is 31.3 Å². The monoisotopic (exact) mass is 451 g/mol. The topological polar surface area (TPSA) is 80.2 Å². The Labute approximate surface area is 189 Å². The van der Waals surface area contributed by atoms with Crippen LogP contribution in [0, 0.1) is 17.7 Å². The Hall–Kier alpha value is -3.62. The highest BCUT2D eigenvalue weighted by Crippen LogP contribution is 2.40. The molecule has 2 aliphatic rings. The van der Waals surface area contributed by atoms with Gasteiger partial charge in [0, 0.05) is 24.4 Å². The molecular formula is C24H23F2N5O2. The van der Waals surface area contributed by atoms with Crippen molar-refractivity contribution in [3.63, 3.8) is 0 Å². The predicted molar refractivity (Wildman–Crippen MR) is 119 cm³/mol. The smallest absolute Gasteiger partial charge is 0.415 e. The van der Waals surface area contributed by atoms with Crippen LogP contribution >= 0.6 is 0 Å². The molecule has 5 rings (SSSR count). The summed E-state index contributed by atoms with van der Waals surface area (Å²) in [6, 6.07) is 12.9. The van der Waals surface area contributed by atoms with Crippen molar-refractivity contribution in [3.05, 3.63) is 66.5 Å². The standard InChI is InChI=1S/C24H23F2N5O2/c25-19-4-2-1-3-18(19)20-5-6-22(30-29-20)28-14-16-7-10-24(11-8-16)15-31(23(32)33-24)17-9-12-27-21(26)13-17/h1-6,9,12-13,16H,7-8,10-11,14-15H2,(H,28,30)/t16-,24-. The maximum absolute atomic E-state index is 13.9. The first-order valence-electron chi connectivity index (χ1n) is 11.0. The molecule has 1 saturated heterocycles. The van der Waals surface area contributed by atoms with Crippen molar-refractivity contribution in [2.75, 3.05) is 23.3 Å². The lowest BCUT2D eigenvalue weighted by molar-refractivity contribution is 0.0148. The van der Waals surface area contributed by atoms with E-state index in [0.717, 1.165) is 32.2 Å². The first kappa shape index (κ1) is 21.2. The van der Waals surface area contributed by atoms with Crippen LogP contribution in [0.3, 0.4) is 0 Å². The molecule has 1 aliphatic carbocycles. The Morgan fingerprint density at radius 2 is 1.91 bits per heavy atom. The molecule has 2 fully saturated rings. The van der Waals surface area contributed by atoms with Gasteiger partial charge in [0.25, 0.3) is 0 Å². The summed E-state index contributed by atoms with van der Waals surface area (Å²) >= 11 is 0. The lowest BCUT2D eigenvalue weighted by Crippen LogP contribution is -2.39. The summed E-state index contributed by atoms with van der Waals surface area (Å²) in [5, 5.41) is 11.6. The number of benzene rings is 1. The molecule has 3 aromatic rings. The minimum atomic E-state index is -0.624. The van der Waals surface area contributed by atoms with Gasteiger partial charge in [-0.1, -0.05) is 12.1 Å². The molecule has 33 heavy (non-hydrogen) atoms. The molecule has 1 saturated carbocycles. The van der Waals surface area contributed by atoms with Crippen LogP contribution in [0.2, 0.25) is 0 Å². The van der Waals surface area contributed by atoms with Gasteiger partial charge in [0.05, 0.1) is 17.9 Å². The molecule has 9 heteroatoms. The van der Waals surface area contributed by atoms with Crippen molar-refractivity contribution in [2.24, 2.45) is 5.92 Å². The zero-order chi connectivity index (χ0) is 22.8. The second kappa shape index (κ2) is 8.73. The van der Waals surface area contributed by atoms with Crippen LogP contribution in [0.4, 0.5) is 25.1 Å². The first-order valence-corrected chi connectivity index (χ1v) is 11.0. The number of ether oxygens (including phenoxy) is 1. The first-order chi connectivity index (χ1) is 16.0. The van der Waals surface area contributed by atoms with Gasteiger partial charge in [-0.25, -0.2) is 14.2 Å². The van der Waals surface area contributed by atoms with Crippen molar-refractivity contribution in [3.8, 4) is 11.3 Å². The third kappa shape index (κ3) is 4.48. The second-order valence-electron chi connectivity index (χ2n) is 8.58. The molecule has 1 spiro atoms. The number of hydrogen-bond acceptors (Lipinski definition) is 6. The van der Waals surface area contributed by atoms with E-state index in [2.05, 4.69) is 20.5 Å². The fourth-order valence-electron chi connectivity index (χ4n) is 4.54. The van der Waals surface area contributed by atoms with E-state index in [9.17, 15) is 13.6 Å². The van der Waals surface area contributed by atoms with E-state index in [0.29, 0.717) is 35.2 Å². The highest BCUT2D eigenvalue weighted by Gasteiger charge is 2.47.